The molecular formula is C26H58NO2Si+. The maximum absolute atomic E-state index is 5.49. The molecule has 1 unspecified atom stereocenters. The third kappa shape index (κ3) is 16.7. The van der Waals surface area contributed by atoms with Gasteiger partial charge in [0.2, 0.25) is 0 Å². The van der Waals surface area contributed by atoms with E-state index in [2.05, 4.69) is 27.9 Å². The van der Waals surface area contributed by atoms with Gasteiger partial charge in [-0.1, -0.05) is 104 Å². The second-order valence-electron chi connectivity index (χ2n) is 10.0. The van der Waals surface area contributed by atoms with Crippen LogP contribution in [-0.2, 0) is 9.47 Å². The lowest BCUT2D eigenvalue weighted by Crippen LogP contribution is -2.54. The normalized spacial score (nSPS) is 13.7. The van der Waals surface area contributed by atoms with E-state index >= 15 is 0 Å². The van der Waals surface area contributed by atoms with Gasteiger partial charge in [0.05, 0.1) is 26.3 Å². The first-order chi connectivity index (χ1) is 14.5. The zero-order valence-corrected chi connectivity index (χ0v) is 23.3. The molecule has 0 aliphatic carbocycles. The summed E-state index contributed by atoms with van der Waals surface area (Å²) in [5.41, 5.74) is 0.742. The molecule has 0 saturated heterocycles. The van der Waals surface area contributed by atoms with Gasteiger partial charge in [0.15, 0.2) is 9.52 Å². The molecule has 3 nitrogen and oxygen atoms in total. The van der Waals surface area contributed by atoms with Crippen LogP contribution in [0.3, 0.4) is 0 Å². The van der Waals surface area contributed by atoms with Gasteiger partial charge in [0, 0.05) is 14.2 Å². The summed E-state index contributed by atoms with van der Waals surface area (Å²) < 4.78 is 12.1. The highest BCUT2D eigenvalue weighted by atomic mass is 28.2. The van der Waals surface area contributed by atoms with Crippen molar-refractivity contribution in [2.75, 3.05) is 34.9 Å². The van der Waals surface area contributed by atoms with Crippen LogP contribution in [0.1, 0.15) is 123 Å². The molecule has 0 aliphatic heterocycles. The monoisotopic (exact) mass is 444 g/mol. The van der Waals surface area contributed by atoms with Gasteiger partial charge >= 0.3 is 0 Å². The van der Waals surface area contributed by atoms with Crippen molar-refractivity contribution >= 4 is 9.52 Å². The molecule has 182 valence electrons. The summed E-state index contributed by atoms with van der Waals surface area (Å²) in [6, 6.07) is 0. The van der Waals surface area contributed by atoms with Crippen molar-refractivity contribution in [3.05, 3.63) is 0 Å². The molecule has 0 spiro atoms. The molecule has 0 saturated carbocycles. The van der Waals surface area contributed by atoms with Gasteiger partial charge in [-0.05, 0) is 19.3 Å². The fraction of sp³-hybridized carbons (Fsp3) is 1.00. The molecule has 0 aliphatic rings. The van der Waals surface area contributed by atoms with Crippen LogP contribution in [0.15, 0.2) is 0 Å². The minimum absolute atomic E-state index is 0.0677. The zero-order valence-electron chi connectivity index (χ0n) is 21.9. The largest absolute Gasteiger partial charge is 0.360 e. The Morgan fingerprint density at radius 2 is 0.967 bits per heavy atom. The number of ether oxygens (including phenoxy) is 2. The molecule has 0 N–H and O–H groups in total. The van der Waals surface area contributed by atoms with Crippen LogP contribution in [0, 0.1) is 0 Å². The molecule has 0 aromatic heterocycles. The molecular weight excluding hydrogens is 386 g/mol. The average molecular weight is 445 g/mol. The van der Waals surface area contributed by atoms with Crippen LogP contribution in [-0.4, -0.2) is 60.4 Å². The van der Waals surface area contributed by atoms with Gasteiger partial charge in [0.25, 0.3) is 0 Å². The minimum atomic E-state index is -0.404. The van der Waals surface area contributed by atoms with Crippen molar-refractivity contribution in [1.29, 1.82) is 0 Å². The zero-order chi connectivity index (χ0) is 22.5. The lowest BCUT2D eigenvalue weighted by molar-refractivity contribution is -0.903. The van der Waals surface area contributed by atoms with Gasteiger partial charge < -0.3 is 14.0 Å². The maximum atomic E-state index is 5.49. The molecule has 0 rings (SSSR count). The molecule has 0 radical (unpaired) electrons. The number of methoxy groups -OCH3 is 2. The maximum Gasteiger partial charge on any atom is 0.158 e. The molecule has 4 heteroatoms. The van der Waals surface area contributed by atoms with Crippen LogP contribution >= 0.6 is 0 Å². The van der Waals surface area contributed by atoms with E-state index < -0.39 is 9.52 Å². The van der Waals surface area contributed by atoms with Crippen molar-refractivity contribution in [1.82, 2.24) is 0 Å². The smallest absolute Gasteiger partial charge is 0.158 e. The van der Waals surface area contributed by atoms with E-state index in [1.165, 1.54) is 116 Å². The Labute approximate surface area is 193 Å². The number of unbranched alkanes of at least 4 members (excludes halogenated alkanes) is 15. The summed E-state index contributed by atoms with van der Waals surface area (Å²) in [5, 5.41) is 0. The van der Waals surface area contributed by atoms with E-state index in [-0.39, 0.29) is 5.91 Å². The van der Waals surface area contributed by atoms with Gasteiger partial charge in [0.1, 0.15) is 5.91 Å². The molecule has 30 heavy (non-hydrogen) atoms. The Hall–Kier alpha value is 0.0969. The van der Waals surface area contributed by atoms with Crippen LogP contribution < -0.4 is 0 Å². The molecule has 0 aromatic carbocycles. The average Bonchev–Trinajstić information content (AvgIpc) is 2.74. The summed E-state index contributed by atoms with van der Waals surface area (Å²) in [7, 11) is 7.98. The Morgan fingerprint density at radius 1 is 0.600 bits per heavy atom. The fourth-order valence-electron chi connectivity index (χ4n) is 4.71. The van der Waals surface area contributed by atoms with Crippen LogP contribution in [0.5, 0.6) is 0 Å². The Balaban J connectivity index is 3.55. The highest BCUT2D eigenvalue weighted by molar-refractivity contribution is 6.38. The number of rotatable bonds is 23. The first kappa shape index (κ1) is 30.1. The van der Waals surface area contributed by atoms with Gasteiger partial charge in [-0.3, -0.25) is 0 Å². The Kier molecular flexibility index (Phi) is 21.0. The second kappa shape index (κ2) is 21.0. The number of hydrogen-bond donors (Lipinski definition) is 0. The van der Waals surface area contributed by atoms with Crippen molar-refractivity contribution in [3.63, 3.8) is 0 Å². The second-order valence-corrected chi connectivity index (χ2v) is 12.1. The van der Waals surface area contributed by atoms with Crippen molar-refractivity contribution < 1.29 is 14.0 Å². The summed E-state index contributed by atoms with van der Waals surface area (Å²) >= 11 is 0. The van der Waals surface area contributed by atoms with E-state index in [0.717, 1.165) is 10.1 Å². The van der Waals surface area contributed by atoms with Crippen LogP contribution in [0.25, 0.3) is 0 Å². The van der Waals surface area contributed by atoms with E-state index in [1.54, 1.807) is 14.2 Å². The lowest BCUT2D eigenvalue weighted by atomic mass is 10.0. The predicted molar refractivity (Wildman–Crippen MR) is 137 cm³/mol. The SMILES string of the molecule is CCCCCCCCCCCCCCCCCC[N+](C)(C)C(CC)[SiH2]C(OC)OC. The van der Waals surface area contributed by atoms with E-state index in [9.17, 15) is 0 Å². The standard InChI is InChI=1S/C26H58NO2Si/c1-7-9-10-11-12-13-14-15-16-17-18-19-20-21-22-23-24-27(3,4)25(8-2)30-26(28-5)29-6/h25-26H,7-24,30H2,1-6H3/q+1. The highest BCUT2D eigenvalue weighted by Crippen LogP contribution is 2.16. The summed E-state index contributed by atoms with van der Waals surface area (Å²) in [6.45, 7) is 5.92. The first-order valence-corrected chi connectivity index (χ1v) is 15.0. The van der Waals surface area contributed by atoms with Crippen molar-refractivity contribution in [3.8, 4) is 0 Å². The third-order valence-corrected chi connectivity index (χ3v) is 10.2. The summed E-state index contributed by atoms with van der Waals surface area (Å²) in [6.07, 6.45) is 24.3. The number of hydrogen-bond acceptors (Lipinski definition) is 2. The van der Waals surface area contributed by atoms with Crippen molar-refractivity contribution in [2.45, 2.75) is 135 Å². The molecule has 0 bridgehead atoms. The Morgan fingerprint density at radius 3 is 1.30 bits per heavy atom. The number of nitrogens with zero attached hydrogens (tertiary/aromatic N) is 1. The first-order valence-electron chi connectivity index (χ1n) is 13.4. The highest BCUT2D eigenvalue weighted by Gasteiger charge is 2.29. The summed E-state index contributed by atoms with van der Waals surface area (Å²) in [5.74, 6) is 0.0677. The molecule has 1 atom stereocenters. The topological polar surface area (TPSA) is 18.5 Å². The molecule has 0 heterocycles. The van der Waals surface area contributed by atoms with E-state index in [1.807, 2.05) is 0 Å². The van der Waals surface area contributed by atoms with Gasteiger partial charge in [-0.15, -0.1) is 0 Å². The fourth-order valence-corrected chi connectivity index (χ4v) is 6.62. The predicted octanol–water partition coefficient (Wildman–Crippen LogP) is 6.81. The van der Waals surface area contributed by atoms with E-state index in [0.29, 0.717) is 0 Å². The molecule has 0 amide bonds. The van der Waals surface area contributed by atoms with Crippen LogP contribution in [0.2, 0.25) is 0 Å². The third-order valence-electron chi connectivity index (χ3n) is 7.04. The van der Waals surface area contributed by atoms with Crippen LogP contribution in [0.4, 0.5) is 0 Å². The lowest BCUT2D eigenvalue weighted by Gasteiger charge is -2.39. The number of quaternary nitrogens is 1. The Bertz CT molecular complexity index is 348. The summed E-state index contributed by atoms with van der Waals surface area (Å²) in [4.78, 5) is 0. The van der Waals surface area contributed by atoms with Gasteiger partial charge in [-0.25, -0.2) is 0 Å². The molecule has 0 fully saturated rings. The quantitative estimate of drug-likeness (QED) is 0.0746. The molecule has 0 aromatic rings. The van der Waals surface area contributed by atoms with Gasteiger partial charge in [-0.2, -0.15) is 0 Å². The van der Waals surface area contributed by atoms with Crippen molar-refractivity contribution in [2.24, 2.45) is 0 Å². The van der Waals surface area contributed by atoms with E-state index in [4.69, 9.17) is 9.47 Å². The minimum Gasteiger partial charge on any atom is -0.360 e.